The van der Waals surface area contributed by atoms with E-state index in [1.54, 1.807) is 32.6 Å². The molecule has 6 heteroatoms. The molecule has 0 atom stereocenters. The first-order valence-electron chi connectivity index (χ1n) is 6.99. The second kappa shape index (κ2) is 8.90. The second-order valence-electron chi connectivity index (χ2n) is 4.46. The number of benzene rings is 2. The van der Waals surface area contributed by atoms with E-state index in [9.17, 15) is 0 Å². The third-order valence-electron chi connectivity index (χ3n) is 2.94. The lowest BCUT2D eigenvalue weighted by atomic mass is 10.2. The molecule has 0 radical (unpaired) electrons. The molecule has 0 saturated heterocycles. The highest BCUT2D eigenvalue weighted by molar-refractivity contribution is 6.30. The Hall–Kier alpha value is -2.40. The van der Waals surface area contributed by atoms with Crippen molar-refractivity contribution in [3.8, 4) is 17.2 Å². The van der Waals surface area contributed by atoms with Crippen LogP contribution in [0.25, 0.3) is 0 Å². The van der Waals surface area contributed by atoms with Crippen molar-refractivity contribution in [2.45, 2.75) is 0 Å². The van der Waals surface area contributed by atoms with Gasteiger partial charge in [0.25, 0.3) is 0 Å². The van der Waals surface area contributed by atoms with Crippen LogP contribution < -0.4 is 14.2 Å². The number of hydrogen-bond acceptors (Lipinski definition) is 5. The lowest BCUT2D eigenvalue weighted by Crippen LogP contribution is -2.04. The van der Waals surface area contributed by atoms with Crippen LogP contribution in [0.1, 0.15) is 5.56 Å². The highest BCUT2D eigenvalue weighted by Crippen LogP contribution is 2.29. The molecule has 0 heterocycles. The van der Waals surface area contributed by atoms with Gasteiger partial charge in [0.1, 0.15) is 12.4 Å². The standard InChI is InChI=1S/C17H18ClNO4/c1-20-16-8-3-5-13(17(16)21-2)12-19-23-10-9-22-15-7-4-6-14(18)11-15/h3-8,11-12H,9-10H2,1-2H3/b19-12+. The Labute approximate surface area is 140 Å². The van der Waals surface area contributed by atoms with E-state index >= 15 is 0 Å². The van der Waals surface area contributed by atoms with Crippen molar-refractivity contribution in [2.24, 2.45) is 5.16 Å². The van der Waals surface area contributed by atoms with Crippen molar-refractivity contribution in [3.63, 3.8) is 0 Å². The van der Waals surface area contributed by atoms with E-state index in [1.807, 2.05) is 30.3 Å². The molecule has 2 aromatic rings. The van der Waals surface area contributed by atoms with Crippen LogP contribution in [0.15, 0.2) is 47.6 Å². The van der Waals surface area contributed by atoms with Crippen molar-refractivity contribution in [1.29, 1.82) is 0 Å². The fourth-order valence-corrected chi connectivity index (χ4v) is 2.09. The van der Waals surface area contributed by atoms with Gasteiger partial charge in [-0.25, -0.2) is 0 Å². The smallest absolute Gasteiger partial charge is 0.169 e. The molecule has 0 aliphatic heterocycles. The van der Waals surface area contributed by atoms with E-state index in [0.29, 0.717) is 35.5 Å². The van der Waals surface area contributed by atoms with Gasteiger partial charge >= 0.3 is 0 Å². The quantitative estimate of drug-likeness (QED) is 0.418. The average Bonchev–Trinajstić information content (AvgIpc) is 2.57. The van der Waals surface area contributed by atoms with Gasteiger partial charge in [0.2, 0.25) is 0 Å². The first-order chi connectivity index (χ1) is 11.2. The maximum absolute atomic E-state index is 5.87. The maximum Gasteiger partial charge on any atom is 0.169 e. The summed E-state index contributed by atoms with van der Waals surface area (Å²) in [5.74, 6) is 1.94. The summed E-state index contributed by atoms with van der Waals surface area (Å²) in [5, 5.41) is 4.54. The number of oxime groups is 1. The summed E-state index contributed by atoms with van der Waals surface area (Å²) >= 11 is 5.87. The fourth-order valence-electron chi connectivity index (χ4n) is 1.91. The van der Waals surface area contributed by atoms with Gasteiger partial charge in [-0.15, -0.1) is 0 Å². The summed E-state index contributed by atoms with van der Waals surface area (Å²) in [6.45, 7) is 0.683. The molecule has 0 amide bonds. The van der Waals surface area contributed by atoms with Gasteiger partial charge in [-0.1, -0.05) is 28.9 Å². The highest BCUT2D eigenvalue weighted by Gasteiger charge is 2.07. The molecule has 2 aromatic carbocycles. The molecular weight excluding hydrogens is 318 g/mol. The van der Waals surface area contributed by atoms with Gasteiger partial charge in [0.05, 0.1) is 20.4 Å². The number of para-hydroxylation sites is 1. The Bertz CT molecular complexity index is 661. The summed E-state index contributed by atoms with van der Waals surface area (Å²) in [5.41, 5.74) is 0.766. The van der Waals surface area contributed by atoms with Crippen LogP contribution in [-0.2, 0) is 4.84 Å². The molecule has 0 aliphatic carbocycles. The molecule has 0 unspecified atom stereocenters. The largest absolute Gasteiger partial charge is 0.493 e. The molecule has 0 fully saturated rings. The first-order valence-corrected chi connectivity index (χ1v) is 7.37. The average molecular weight is 336 g/mol. The fraction of sp³-hybridized carbons (Fsp3) is 0.235. The number of methoxy groups -OCH3 is 2. The van der Waals surface area contributed by atoms with Crippen LogP contribution in [0.2, 0.25) is 5.02 Å². The first kappa shape index (κ1) is 17.0. The molecule has 0 spiro atoms. The van der Waals surface area contributed by atoms with Crippen molar-refractivity contribution < 1.29 is 19.0 Å². The number of nitrogens with zero attached hydrogens (tertiary/aromatic N) is 1. The minimum absolute atomic E-state index is 0.315. The maximum atomic E-state index is 5.87. The van der Waals surface area contributed by atoms with Crippen LogP contribution in [0.4, 0.5) is 0 Å². The molecule has 122 valence electrons. The normalized spacial score (nSPS) is 10.6. The number of ether oxygens (including phenoxy) is 3. The Morgan fingerprint density at radius 2 is 1.87 bits per heavy atom. The van der Waals surface area contributed by atoms with Gasteiger partial charge < -0.3 is 19.0 Å². The van der Waals surface area contributed by atoms with E-state index in [2.05, 4.69) is 5.16 Å². The predicted molar refractivity (Wildman–Crippen MR) is 90.0 cm³/mol. The minimum Gasteiger partial charge on any atom is -0.493 e. The zero-order valence-corrected chi connectivity index (χ0v) is 13.7. The molecule has 5 nitrogen and oxygen atoms in total. The third-order valence-corrected chi connectivity index (χ3v) is 3.17. The van der Waals surface area contributed by atoms with Gasteiger partial charge in [-0.3, -0.25) is 0 Å². The van der Waals surface area contributed by atoms with Crippen LogP contribution in [0.5, 0.6) is 17.2 Å². The molecule has 2 rings (SSSR count). The van der Waals surface area contributed by atoms with Gasteiger partial charge in [-0.2, -0.15) is 0 Å². The highest BCUT2D eigenvalue weighted by atomic mass is 35.5. The van der Waals surface area contributed by atoms with Gasteiger partial charge in [0.15, 0.2) is 18.1 Å². The molecular formula is C17H18ClNO4. The van der Waals surface area contributed by atoms with E-state index in [4.69, 9.17) is 30.6 Å². The molecule has 0 saturated carbocycles. The van der Waals surface area contributed by atoms with E-state index < -0.39 is 0 Å². The molecule has 0 aromatic heterocycles. The van der Waals surface area contributed by atoms with Crippen molar-refractivity contribution in [3.05, 3.63) is 53.1 Å². The Morgan fingerprint density at radius 3 is 2.61 bits per heavy atom. The predicted octanol–water partition coefficient (Wildman–Crippen LogP) is 3.79. The zero-order chi connectivity index (χ0) is 16.5. The van der Waals surface area contributed by atoms with Crippen LogP contribution >= 0.6 is 11.6 Å². The van der Waals surface area contributed by atoms with Gasteiger partial charge in [0, 0.05) is 10.6 Å². The van der Waals surface area contributed by atoms with Crippen molar-refractivity contribution >= 4 is 17.8 Å². The second-order valence-corrected chi connectivity index (χ2v) is 4.89. The lowest BCUT2D eigenvalue weighted by molar-refractivity contribution is 0.108. The zero-order valence-electron chi connectivity index (χ0n) is 13.0. The molecule has 23 heavy (non-hydrogen) atoms. The minimum atomic E-state index is 0.315. The Kier molecular flexibility index (Phi) is 6.56. The SMILES string of the molecule is COc1cccc(/C=N/OCCOc2cccc(Cl)c2)c1OC. The van der Waals surface area contributed by atoms with Crippen LogP contribution in [0, 0.1) is 0 Å². The third kappa shape index (κ3) is 5.07. The van der Waals surface area contributed by atoms with Crippen LogP contribution in [-0.4, -0.2) is 33.6 Å². The summed E-state index contributed by atoms with van der Waals surface area (Å²) in [6.07, 6.45) is 1.57. The van der Waals surface area contributed by atoms with Gasteiger partial charge in [-0.05, 0) is 30.3 Å². The van der Waals surface area contributed by atoms with E-state index in [0.717, 1.165) is 5.56 Å². The topological polar surface area (TPSA) is 49.3 Å². The van der Waals surface area contributed by atoms with E-state index in [1.165, 1.54) is 0 Å². The summed E-state index contributed by atoms with van der Waals surface area (Å²) < 4.78 is 16.0. The molecule has 0 aliphatic rings. The lowest BCUT2D eigenvalue weighted by Gasteiger charge is -2.09. The summed E-state index contributed by atoms with van der Waals surface area (Å²) in [6, 6.07) is 12.7. The summed E-state index contributed by atoms with van der Waals surface area (Å²) in [7, 11) is 3.16. The monoisotopic (exact) mass is 335 g/mol. The summed E-state index contributed by atoms with van der Waals surface area (Å²) in [4.78, 5) is 5.18. The number of rotatable bonds is 8. The van der Waals surface area contributed by atoms with Crippen molar-refractivity contribution in [2.75, 3.05) is 27.4 Å². The van der Waals surface area contributed by atoms with E-state index in [-0.39, 0.29) is 0 Å². The Balaban J connectivity index is 1.81. The van der Waals surface area contributed by atoms with Crippen molar-refractivity contribution in [1.82, 2.24) is 0 Å². The number of halogens is 1. The van der Waals surface area contributed by atoms with Crippen LogP contribution in [0.3, 0.4) is 0 Å². The Morgan fingerprint density at radius 1 is 1.04 bits per heavy atom. The molecule has 0 N–H and O–H groups in total. The number of hydrogen-bond donors (Lipinski definition) is 0. The molecule has 0 bridgehead atoms.